The molecule has 0 aromatic heterocycles. The highest BCUT2D eigenvalue weighted by Crippen LogP contribution is 2.23. The third-order valence-corrected chi connectivity index (χ3v) is 3.55. The first-order chi connectivity index (χ1) is 9.50. The molecule has 0 saturated heterocycles. The number of carboxylic acid groups (broad SMARTS) is 1. The fraction of sp³-hybridized carbons (Fsp3) is 0.0667. The first-order valence-electron chi connectivity index (χ1n) is 5.89. The Morgan fingerprint density at radius 2 is 1.70 bits per heavy atom. The van der Waals surface area contributed by atoms with Crippen LogP contribution in [-0.4, -0.2) is 17.0 Å². The van der Waals surface area contributed by atoms with Crippen molar-refractivity contribution >= 4 is 33.5 Å². The van der Waals surface area contributed by atoms with E-state index in [-0.39, 0.29) is 11.5 Å². The summed E-state index contributed by atoms with van der Waals surface area (Å²) in [5.41, 5.74) is 1.54. The van der Waals surface area contributed by atoms with Gasteiger partial charge in [0.05, 0.1) is 16.8 Å². The molecule has 0 spiro atoms. The Morgan fingerprint density at radius 3 is 2.35 bits per heavy atom. The third kappa shape index (κ3) is 2.88. The van der Waals surface area contributed by atoms with E-state index in [0.717, 1.165) is 0 Å². The van der Waals surface area contributed by atoms with Gasteiger partial charge in [0.25, 0.3) is 5.91 Å². The summed E-state index contributed by atoms with van der Waals surface area (Å²) in [7, 11) is 0. The fourth-order valence-corrected chi connectivity index (χ4v) is 2.30. The molecule has 0 radical (unpaired) electrons. The lowest BCUT2D eigenvalue weighted by molar-refractivity contribution is 0.0698. The molecule has 0 bridgehead atoms. The van der Waals surface area contributed by atoms with Gasteiger partial charge in [0.1, 0.15) is 0 Å². The number of hydrogen-bond acceptors (Lipinski definition) is 2. The van der Waals surface area contributed by atoms with Gasteiger partial charge in [-0.2, -0.15) is 0 Å². The third-order valence-electron chi connectivity index (χ3n) is 2.86. The van der Waals surface area contributed by atoms with E-state index in [1.54, 1.807) is 43.3 Å². The molecule has 0 fully saturated rings. The zero-order valence-corrected chi connectivity index (χ0v) is 12.3. The van der Waals surface area contributed by atoms with Crippen LogP contribution in [0.15, 0.2) is 46.9 Å². The summed E-state index contributed by atoms with van der Waals surface area (Å²) < 4.78 is 0.656. The predicted octanol–water partition coefficient (Wildman–Crippen LogP) is 3.71. The first kappa shape index (κ1) is 14.3. The average Bonchev–Trinajstić information content (AvgIpc) is 2.41. The molecule has 0 aliphatic heterocycles. The highest BCUT2D eigenvalue weighted by atomic mass is 79.9. The lowest BCUT2D eigenvalue weighted by Gasteiger charge is -2.12. The van der Waals surface area contributed by atoms with Gasteiger partial charge in [0.15, 0.2) is 0 Å². The summed E-state index contributed by atoms with van der Waals surface area (Å²) >= 11 is 3.30. The molecular formula is C15H12BrNO3. The lowest BCUT2D eigenvalue weighted by atomic mass is 10.1. The molecule has 0 aliphatic rings. The lowest BCUT2D eigenvalue weighted by Crippen LogP contribution is -2.16. The van der Waals surface area contributed by atoms with Crippen molar-refractivity contribution in [3.05, 3.63) is 63.6 Å². The molecular weight excluding hydrogens is 322 g/mol. The van der Waals surface area contributed by atoms with E-state index in [9.17, 15) is 9.59 Å². The van der Waals surface area contributed by atoms with Crippen LogP contribution in [0.4, 0.5) is 5.69 Å². The van der Waals surface area contributed by atoms with Crippen LogP contribution in [0.1, 0.15) is 26.3 Å². The zero-order valence-electron chi connectivity index (χ0n) is 10.7. The number of carboxylic acids is 1. The van der Waals surface area contributed by atoms with E-state index in [2.05, 4.69) is 21.2 Å². The van der Waals surface area contributed by atoms with Crippen molar-refractivity contribution in [1.82, 2.24) is 0 Å². The second-order valence-electron chi connectivity index (χ2n) is 4.24. The summed E-state index contributed by atoms with van der Waals surface area (Å²) in [6.07, 6.45) is 0. The number of anilines is 1. The summed E-state index contributed by atoms with van der Waals surface area (Å²) in [6, 6.07) is 11.8. The van der Waals surface area contributed by atoms with E-state index >= 15 is 0 Å². The van der Waals surface area contributed by atoms with Gasteiger partial charge in [-0.3, -0.25) is 4.79 Å². The number of halogens is 1. The Kier molecular flexibility index (Phi) is 4.20. The van der Waals surface area contributed by atoms with Crippen molar-refractivity contribution in [1.29, 1.82) is 0 Å². The topological polar surface area (TPSA) is 66.4 Å². The van der Waals surface area contributed by atoms with E-state index < -0.39 is 5.97 Å². The van der Waals surface area contributed by atoms with Gasteiger partial charge in [-0.25, -0.2) is 4.79 Å². The minimum absolute atomic E-state index is 0.0744. The Labute approximate surface area is 124 Å². The van der Waals surface area contributed by atoms with Crippen LogP contribution >= 0.6 is 15.9 Å². The van der Waals surface area contributed by atoms with Crippen LogP contribution in [0.2, 0.25) is 0 Å². The Hall–Kier alpha value is -2.14. The van der Waals surface area contributed by atoms with Crippen LogP contribution < -0.4 is 5.32 Å². The molecule has 2 aromatic rings. The van der Waals surface area contributed by atoms with Gasteiger partial charge < -0.3 is 10.4 Å². The molecule has 2 rings (SSSR count). The number of amides is 1. The number of carbonyl (C=O) groups excluding carboxylic acids is 1. The molecule has 20 heavy (non-hydrogen) atoms. The van der Waals surface area contributed by atoms with Gasteiger partial charge in [-0.05, 0) is 46.6 Å². The molecule has 0 aliphatic carbocycles. The monoisotopic (exact) mass is 333 g/mol. The van der Waals surface area contributed by atoms with Crippen molar-refractivity contribution in [2.24, 2.45) is 0 Å². The Morgan fingerprint density at radius 1 is 1.05 bits per heavy atom. The van der Waals surface area contributed by atoms with Crippen molar-refractivity contribution in [2.45, 2.75) is 6.92 Å². The van der Waals surface area contributed by atoms with Crippen molar-refractivity contribution < 1.29 is 14.7 Å². The summed E-state index contributed by atoms with van der Waals surface area (Å²) in [6.45, 7) is 1.75. The normalized spacial score (nSPS) is 10.1. The highest BCUT2D eigenvalue weighted by Gasteiger charge is 2.16. The number of carbonyl (C=O) groups is 2. The number of hydrogen-bond donors (Lipinski definition) is 2. The number of nitrogens with one attached hydrogen (secondary N) is 1. The number of para-hydroxylation sites is 1. The van der Waals surface area contributed by atoms with Crippen LogP contribution in [0, 0.1) is 6.92 Å². The number of benzene rings is 2. The predicted molar refractivity (Wildman–Crippen MR) is 80.2 cm³/mol. The zero-order chi connectivity index (χ0) is 14.7. The maximum absolute atomic E-state index is 12.2. The van der Waals surface area contributed by atoms with Crippen LogP contribution in [-0.2, 0) is 0 Å². The first-order valence-corrected chi connectivity index (χ1v) is 6.69. The molecule has 0 saturated carbocycles. The summed E-state index contributed by atoms with van der Waals surface area (Å²) in [5, 5.41) is 11.8. The molecule has 2 N–H and O–H groups in total. The van der Waals surface area contributed by atoms with E-state index in [1.165, 1.54) is 6.07 Å². The number of aromatic carboxylic acids is 1. The van der Waals surface area contributed by atoms with Gasteiger partial charge in [0.2, 0.25) is 0 Å². The van der Waals surface area contributed by atoms with Gasteiger partial charge in [0, 0.05) is 4.47 Å². The van der Waals surface area contributed by atoms with Crippen molar-refractivity contribution in [2.75, 3.05) is 5.32 Å². The summed E-state index contributed by atoms with van der Waals surface area (Å²) in [5.74, 6) is -1.43. The minimum Gasteiger partial charge on any atom is -0.478 e. The Bertz CT molecular complexity index is 683. The second-order valence-corrected chi connectivity index (χ2v) is 5.09. The fourth-order valence-electron chi connectivity index (χ4n) is 1.84. The van der Waals surface area contributed by atoms with Crippen LogP contribution in [0.25, 0.3) is 0 Å². The van der Waals surface area contributed by atoms with Gasteiger partial charge in [-0.15, -0.1) is 0 Å². The van der Waals surface area contributed by atoms with Crippen LogP contribution in [0.5, 0.6) is 0 Å². The maximum atomic E-state index is 12.2. The molecule has 102 valence electrons. The largest absolute Gasteiger partial charge is 0.478 e. The van der Waals surface area contributed by atoms with E-state index in [4.69, 9.17) is 5.11 Å². The smallest absolute Gasteiger partial charge is 0.337 e. The van der Waals surface area contributed by atoms with Crippen molar-refractivity contribution in [3.8, 4) is 0 Å². The SMILES string of the molecule is Cc1cccc(C(=O)O)c1NC(=O)c1ccccc1Br. The molecule has 1 amide bonds. The van der Waals surface area contributed by atoms with Crippen molar-refractivity contribution in [3.63, 3.8) is 0 Å². The quantitative estimate of drug-likeness (QED) is 0.899. The average molecular weight is 334 g/mol. The maximum Gasteiger partial charge on any atom is 0.337 e. The number of aryl methyl sites for hydroxylation is 1. The van der Waals surface area contributed by atoms with Gasteiger partial charge in [-0.1, -0.05) is 24.3 Å². The second kappa shape index (κ2) is 5.88. The standard InChI is InChI=1S/C15H12BrNO3/c1-9-5-4-7-11(15(19)20)13(9)17-14(18)10-6-2-3-8-12(10)16/h2-8H,1H3,(H,17,18)(H,19,20). The summed E-state index contributed by atoms with van der Waals surface area (Å²) in [4.78, 5) is 23.4. The van der Waals surface area contributed by atoms with E-state index in [1.807, 2.05) is 0 Å². The molecule has 4 nitrogen and oxygen atoms in total. The van der Waals surface area contributed by atoms with Crippen LogP contribution in [0.3, 0.4) is 0 Å². The van der Waals surface area contributed by atoms with Gasteiger partial charge >= 0.3 is 5.97 Å². The van der Waals surface area contributed by atoms with E-state index in [0.29, 0.717) is 21.3 Å². The minimum atomic E-state index is -1.07. The molecule has 0 unspecified atom stereocenters. The number of rotatable bonds is 3. The molecule has 5 heteroatoms. The Balaban J connectivity index is 2.38. The molecule has 0 atom stereocenters. The molecule has 2 aromatic carbocycles. The highest BCUT2D eigenvalue weighted by molar-refractivity contribution is 9.10. The molecule has 0 heterocycles.